The average Bonchev–Trinajstić information content (AvgIpc) is 2.92. The van der Waals surface area contributed by atoms with Gasteiger partial charge in [0, 0.05) is 13.1 Å². The molecule has 0 bridgehead atoms. The summed E-state index contributed by atoms with van der Waals surface area (Å²) in [6, 6.07) is 2.16. The van der Waals surface area contributed by atoms with Gasteiger partial charge in [0.15, 0.2) is 5.15 Å². The highest BCUT2D eigenvalue weighted by molar-refractivity contribution is 7.10. The van der Waals surface area contributed by atoms with Crippen LogP contribution in [0.1, 0.15) is 31.2 Å². The van der Waals surface area contributed by atoms with Gasteiger partial charge in [-0.1, -0.05) is 11.6 Å². The van der Waals surface area contributed by atoms with E-state index in [4.69, 9.17) is 16.9 Å². The van der Waals surface area contributed by atoms with E-state index in [1.54, 1.807) is 0 Å². The zero-order chi connectivity index (χ0) is 11.2. The molecule has 2 fully saturated rings. The number of anilines is 1. The number of hydrogen-bond donors (Lipinski definition) is 0. The number of nitrogens with zero attached hydrogens (tertiary/aromatic N) is 3. The molecule has 0 amide bonds. The van der Waals surface area contributed by atoms with Crippen molar-refractivity contribution in [2.75, 3.05) is 18.0 Å². The minimum atomic E-state index is 0.359. The van der Waals surface area contributed by atoms with Crippen molar-refractivity contribution in [3.05, 3.63) is 10.7 Å². The summed E-state index contributed by atoms with van der Waals surface area (Å²) in [5.41, 5.74) is 1.12. The van der Waals surface area contributed by atoms with Gasteiger partial charge >= 0.3 is 0 Å². The van der Waals surface area contributed by atoms with Crippen LogP contribution in [0.25, 0.3) is 0 Å². The molecule has 1 aliphatic heterocycles. The lowest BCUT2D eigenvalue weighted by Crippen LogP contribution is -2.36. The predicted octanol–water partition coefficient (Wildman–Crippen LogP) is 3.05. The van der Waals surface area contributed by atoms with Gasteiger partial charge in [-0.25, -0.2) is 0 Å². The standard InChI is InChI=1S/C11H12ClN3S/c12-9-8(6-13)10(16-14-9)15-5-1-2-11(7-15)3-4-11/h1-5,7H2. The summed E-state index contributed by atoms with van der Waals surface area (Å²) in [6.07, 6.45) is 5.26. The highest BCUT2D eigenvalue weighted by Crippen LogP contribution is 2.53. The van der Waals surface area contributed by atoms with E-state index in [0.29, 0.717) is 16.1 Å². The van der Waals surface area contributed by atoms with Crippen molar-refractivity contribution < 1.29 is 0 Å². The SMILES string of the molecule is N#Cc1c(Cl)nsc1N1CCCC2(CC2)C1. The Hall–Kier alpha value is -0.790. The fraction of sp³-hybridized carbons (Fsp3) is 0.636. The van der Waals surface area contributed by atoms with Gasteiger partial charge in [-0.05, 0) is 42.6 Å². The van der Waals surface area contributed by atoms with Gasteiger partial charge in [0.2, 0.25) is 0 Å². The maximum Gasteiger partial charge on any atom is 0.162 e. The van der Waals surface area contributed by atoms with E-state index in [-0.39, 0.29) is 0 Å². The third kappa shape index (κ3) is 1.59. The topological polar surface area (TPSA) is 39.9 Å². The summed E-state index contributed by atoms with van der Waals surface area (Å²) in [7, 11) is 0. The molecule has 2 aliphatic rings. The Balaban J connectivity index is 1.89. The number of rotatable bonds is 1. The van der Waals surface area contributed by atoms with Gasteiger partial charge in [0.1, 0.15) is 16.6 Å². The van der Waals surface area contributed by atoms with Crippen LogP contribution in [-0.2, 0) is 0 Å². The molecule has 1 spiro atoms. The van der Waals surface area contributed by atoms with E-state index in [2.05, 4.69) is 15.3 Å². The van der Waals surface area contributed by atoms with Crippen LogP contribution in [0.3, 0.4) is 0 Å². The van der Waals surface area contributed by atoms with Crippen LogP contribution < -0.4 is 4.90 Å². The molecule has 5 heteroatoms. The van der Waals surface area contributed by atoms with Crippen molar-refractivity contribution in [3.63, 3.8) is 0 Å². The number of aromatic nitrogens is 1. The fourth-order valence-corrected chi connectivity index (χ4v) is 3.59. The Labute approximate surface area is 104 Å². The van der Waals surface area contributed by atoms with Gasteiger partial charge in [0.25, 0.3) is 0 Å². The molecule has 1 aromatic heterocycles. The summed E-state index contributed by atoms with van der Waals surface area (Å²) in [5, 5.41) is 10.4. The smallest absolute Gasteiger partial charge is 0.162 e. The van der Waals surface area contributed by atoms with E-state index in [1.165, 1.54) is 37.2 Å². The van der Waals surface area contributed by atoms with E-state index < -0.39 is 0 Å². The van der Waals surface area contributed by atoms with Crippen LogP contribution in [0.5, 0.6) is 0 Å². The van der Waals surface area contributed by atoms with Crippen molar-refractivity contribution >= 4 is 28.1 Å². The summed E-state index contributed by atoms with van der Waals surface area (Å²) in [4.78, 5) is 2.30. The monoisotopic (exact) mass is 253 g/mol. The minimum absolute atomic E-state index is 0.359. The Morgan fingerprint density at radius 1 is 1.44 bits per heavy atom. The van der Waals surface area contributed by atoms with Gasteiger partial charge in [0.05, 0.1) is 0 Å². The quantitative estimate of drug-likeness (QED) is 0.772. The van der Waals surface area contributed by atoms with E-state index >= 15 is 0 Å². The third-order valence-corrected chi connectivity index (χ3v) is 4.93. The first-order valence-corrected chi connectivity index (χ1v) is 6.69. The Kier molecular flexibility index (Phi) is 2.34. The molecule has 0 aromatic carbocycles. The molecule has 16 heavy (non-hydrogen) atoms. The maximum absolute atomic E-state index is 9.07. The normalized spacial score (nSPS) is 22.1. The Morgan fingerprint density at radius 3 is 2.94 bits per heavy atom. The van der Waals surface area contributed by atoms with Gasteiger partial charge in [-0.3, -0.25) is 0 Å². The summed E-state index contributed by atoms with van der Waals surface area (Å²) >= 11 is 7.26. The third-order valence-electron chi connectivity index (χ3n) is 3.65. The van der Waals surface area contributed by atoms with E-state index in [1.807, 2.05) is 0 Å². The highest BCUT2D eigenvalue weighted by Gasteiger charge is 2.46. The van der Waals surface area contributed by atoms with Crippen molar-refractivity contribution in [1.82, 2.24) is 4.37 Å². The van der Waals surface area contributed by atoms with Crippen LogP contribution in [0.4, 0.5) is 5.00 Å². The van der Waals surface area contributed by atoms with Gasteiger partial charge in [-0.2, -0.15) is 9.64 Å². The molecule has 3 rings (SSSR count). The lowest BCUT2D eigenvalue weighted by atomic mass is 9.95. The molecule has 1 saturated carbocycles. The summed E-state index contributed by atoms with van der Waals surface area (Å²) in [6.45, 7) is 2.12. The van der Waals surface area contributed by atoms with E-state index in [0.717, 1.165) is 18.1 Å². The molecule has 1 aromatic rings. The zero-order valence-electron chi connectivity index (χ0n) is 8.87. The van der Waals surface area contributed by atoms with Crippen molar-refractivity contribution in [2.45, 2.75) is 25.7 Å². The van der Waals surface area contributed by atoms with E-state index in [9.17, 15) is 0 Å². The first-order valence-electron chi connectivity index (χ1n) is 5.54. The molecule has 2 heterocycles. The average molecular weight is 254 g/mol. The molecule has 0 unspecified atom stereocenters. The number of hydrogen-bond acceptors (Lipinski definition) is 4. The molecule has 1 aliphatic carbocycles. The maximum atomic E-state index is 9.07. The number of piperidine rings is 1. The van der Waals surface area contributed by atoms with Crippen LogP contribution in [0.2, 0.25) is 5.15 Å². The molecule has 0 N–H and O–H groups in total. The second-order valence-electron chi connectivity index (χ2n) is 4.79. The van der Waals surface area contributed by atoms with Gasteiger partial charge in [-0.15, -0.1) is 0 Å². The highest BCUT2D eigenvalue weighted by atomic mass is 35.5. The Bertz CT molecular complexity index is 458. The van der Waals surface area contributed by atoms with Gasteiger partial charge < -0.3 is 4.90 Å². The van der Waals surface area contributed by atoms with Crippen LogP contribution in [-0.4, -0.2) is 17.5 Å². The second kappa shape index (κ2) is 3.61. The molecule has 3 nitrogen and oxygen atoms in total. The number of halogens is 1. The largest absolute Gasteiger partial charge is 0.360 e. The predicted molar refractivity (Wildman–Crippen MR) is 65.0 cm³/mol. The molecule has 84 valence electrons. The van der Waals surface area contributed by atoms with Crippen LogP contribution in [0.15, 0.2) is 0 Å². The van der Waals surface area contributed by atoms with Crippen LogP contribution in [0, 0.1) is 16.7 Å². The Morgan fingerprint density at radius 2 is 2.25 bits per heavy atom. The zero-order valence-corrected chi connectivity index (χ0v) is 10.4. The van der Waals surface area contributed by atoms with Crippen molar-refractivity contribution in [3.8, 4) is 6.07 Å². The lowest BCUT2D eigenvalue weighted by Gasteiger charge is -2.33. The summed E-state index contributed by atoms with van der Waals surface area (Å²) < 4.78 is 4.07. The molecule has 0 atom stereocenters. The lowest BCUT2D eigenvalue weighted by molar-refractivity contribution is 0.396. The molecular formula is C11H12ClN3S. The molecule has 1 saturated heterocycles. The first kappa shape index (κ1) is 10.4. The minimum Gasteiger partial charge on any atom is -0.360 e. The second-order valence-corrected chi connectivity index (χ2v) is 5.90. The molecule has 0 radical (unpaired) electrons. The summed E-state index contributed by atoms with van der Waals surface area (Å²) in [5.74, 6) is 0. The molecular weight excluding hydrogens is 242 g/mol. The first-order chi connectivity index (χ1) is 7.74. The fourth-order valence-electron chi connectivity index (χ4n) is 2.54. The van der Waals surface area contributed by atoms with Crippen molar-refractivity contribution in [2.24, 2.45) is 5.41 Å². The van der Waals surface area contributed by atoms with Crippen LogP contribution >= 0.6 is 23.1 Å². The van der Waals surface area contributed by atoms with Crippen molar-refractivity contribution in [1.29, 1.82) is 5.26 Å². The number of nitriles is 1.